The molecule has 1 rings (SSSR count). The molecule has 1 N–H and O–H groups in total. The third-order valence-corrected chi connectivity index (χ3v) is 2.78. The van der Waals surface area contributed by atoms with E-state index in [9.17, 15) is 0 Å². The Balaban J connectivity index is 2.67. The quantitative estimate of drug-likeness (QED) is 0.864. The van der Waals surface area contributed by atoms with Gasteiger partial charge in [-0.1, -0.05) is 28.1 Å². The normalized spacial score (nSPS) is 12.9. The summed E-state index contributed by atoms with van der Waals surface area (Å²) in [5.74, 6) is 0. The standard InChI is InChI=1S/C11H15BrO/c1-8-3-5-10(11(12)7-8)6-4-9(2)13/h3,5,7,9,13H,4,6H2,1-2H3/t9-/m1/s1. The molecule has 0 aromatic heterocycles. The van der Waals surface area contributed by atoms with Gasteiger partial charge in [0.05, 0.1) is 6.10 Å². The Morgan fingerprint density at radius 3 is 2.69 bits per heavy atom. The average Bonchev–Trinajstić information content (AvgIpc) is 2.02. The lowest BCUT2D eigenvalue weighted by Gasteiger charge is -2.06. The van der Waals surface area contributed by atoms with Crippen molar-refractivity contribution in [3.63, 3.8) is 0 Å². The topological polar surface area (TPSA) is 20.2 Å². The Morgan fingerprint density at radius 1 is 1.46 bits per heavy atom. The molecule has 0 heterocycles. The smallest absolute Gasteiger partial charge is 0.0515 e. The molecular weight excluding hydrogens is 228 g/mol. The van der Waals surface area contributed by atoms with Crippen molar-refractivity contribution in [2.75, 3.05) is 0 Å². The van der Waals surface area contributed by atoms with Crippen LogP contribution in [0.4, 0.5) is 0 Å². The fourth-order valence-electron chi connectivity index (χ4n) is 1.22. The van der Waals surface area contributed by atoms with Crippen LogP contribution in [0.3, 0.4) is 0 Å². The molecule has 0 aliphatic carbocycles. The van der Waals surface area contributed by atoms with Gasteiger partial charge in [-0.05, 0) is 43.9 Å². The van der Waals surface area contributed by atoms with E-state index >= 15 is 0 Å². The summed E-state index contributed by atoms with van der Waals surface area (Å²) in [6, 6.07) is 6.32. The van der Waals surface area contributed by atoms with Gasteiger partial charge in [-0.15, -0.1) is 0 Å². The molecule has 1 aromatic rings. The summed E-state index contributed by atoms with van der Waals surface area (Å²) in [4.78, 5) is 0. The van der Waals surface area contributed by atoms with Crippen molar-refractivity contribution in [3.8, 4) is 0 Å². The number of aliphatic hydroxyl groups is 1. The minimum Gasteiger partial charge on any atom is -0.393 e. The first-order valence-corrected chi connectivity index (χ1v) is 5.32. The van der Waals surface area contributed by atoms with Crippen molar-refractivity contribution >= 4 is 15.9 Å². The Bertz CT molecular complexity index is 281. The second kappa shape index (κ2) is 4.77. The van der Waals surface area contributed by atoms with E-state index in [1.807, 2.05) is 6.92 Å². The highest BCUT2D eigenvalue weighted by molar-refractivity contribution is 9.10. The van der Waals surface area contributed by atoms with Crippen molar-refractivity contribution in [1.29, 1.82) is 0 Å². The van der Waals surface area contributed by atoms with Gasteiger partial charge in [0.1, 0.15) is 0 Å². The van der Waals surface area contributed by atoms with E-state index in [0.29, 0.717) is 0 Å². The highest BCUT2D eigenvalue weighted by atomic mass is 79.9. The van der Waals surface area contributed by atoms with Crippen molar-refractivity contribution in [2.24, 2.45) is 0 Å². The minimum atomic E-state index is -0.215. The lowest BCUT2D eigenvalue weighted by molar-refractivity contribution is 0.185. The van der Waals surface area contributed by atoms with Gasteiger partial charge in [-0.2, -0.15) is 0 Å². The number of hydrogen-bond acceptors (Lipinski definition) is 1. The Kier molecular flexibility index (Phi) is 3.94. The number of aliphatic hydroxyl groups excluding tert-OH is 1. The zero-order valence-electron chi connectivity index (χ0n) is 8.05. The van der Waals surface area contributed by atoms with Crippen LogP contribution in [0.2, 0.25) is 0 Å². The lowest BCUT2D eigenvalue weighted by Crippen LogP contribution is -2.01. The maximum atomic E-state index is 9.14. The number of rotatable bonds is 3. The molecule has 0 saturated carbocycles. The van der Waals surface area contributed by atoms with E-state index in [-0.39, 0.29) is 6.10 Å². The largest absolute Gasteiger partial charge is 0.393 e. The van der Waals surface area contributed by atoms with Crippen LogP contribution < -0.4 is 0 Å². The highest BCUT2D eigenvalue weighted by Gasteiger charge is 2.01. The molecule has 0 unspecified atom stereocenters. The first-order valence-electron chi connectivity index (χ1n) is 4.52. The Labute approximate surface area is 87.9 Å². The van der Waals surface area contributed by atoms with E-state index in [4.69, 9.17) is 5.11 Å². The molecule has 0 aliphatic heterocycles. The summed E-state index contributed by atoms with van der Waals surface area (Å²) in [6.07, 6.45) is 1.54. The van der Waals surface area contributed by atoms with E-state index in [1.165, 1.54) is 11.1 Å². The molecule has 2 heteroatoms. The van der Waals surface area contributed by atoms with Crippen LogP contribution in [0.5, 0.6) is 0 Å². The van der Waals surface area contributed by atoms with Crippen LogP contribution in [-0.2, 0) is 6.42 Å². The van der Waals surface area contributed by atoms with E-state index in [1.54, 1.807) is 0 Å². The number of hydrogen-bond donors (Lipinski definition) is 1. The van der Waals surface area contributed by atoms with Crippen LogP contribution in [0.25, 0.3) is 0 Å². The molecule has 0 saturated heterocycles. The molecule has 0 aliphatic rings. The molecule has 0 bridgehead atoms. The summed E-state index contributed by atoms with van der Waals surface area (Å²) < 4.78 is 1.15. The van der Waals surface area contributed by atoms with Crippen molar-refractivity contribution < 1.29 is 5.11 Å². The van der Waals surface area contributed by atoms with E-state index in [2.05, 4.69) is 41.1 Å². The molecule has 0 spiro atoms. The van der Waals surface area contributed by atoms with Crippen LogP contribution >= 0.6 is 15.9 Å². The van der Waals surface area contributed by atoms with Gasteiger partial charge < -0.3 is 5.11 Å². The summed E-state index contributed by atoms with van der Waals surface area (Å²) in [6.45, 7) is 3.89. The molecule has 1 aromatic carbocycles. The molecule has 0 radical (unpaired) electrons. The SMILES string of the molecule is Cc1ccc(CC[C@@H](C)O)c(Br)c1. The summed E-state index contributed by atoms with van der Waals surface area (Å²) in [5.41, 5.74) is 2.53. The van der Waals surface area contributed by atoms with E-state index in [0.717, 1.165) is 17.3 Å². The summed E-state index contributed by atoms with van der Waals surface area (Å²) in [7, 11) is 0. The van der Waals surface area contributed by atoms with Crippen LogP contribution in [-0.4, -0.2) is 11.2 Å². The summed E-state index contributed by atoms with van der Waals surface area (Å²) >= 11 is 3.52. The number of benzene rings is 1. The van der Waals surface area contributed by atoms with Gasteiger partial charge in [0, 0.05) is 4.47 Å². The molecule has 13 heavy (non-hydrogen) atoms. The average molecular weight is 243 g/mol. The first kappa shape index (κ1) is 10.7. The van der Waals surface area contributed by atoms with Gasteiger partial charge in [-0.3, -0.25) is 0 Å². The van der Waals surface area contributed by atoms with Gasteiger partial charge in [0.15, 0.2) is 0 Å². The van der Waals surface area contributed by atoms with Crippen molar-refractivity contribution in [2.45, 2.75) is 32.8 Å². The number of aryl methyl sites for hydroxylation is 2. The van der Waals surface area contributed by atoms with Gasteiger partial charge in [-0.25, -0.2) is 0 Å². The van der Waals surface area contributed by atoms with Gasteiger partial charge >= 0.3 is 0 Å². The van der Waals surface area contributed by atoms with E-state index < -0.39 is 0 Å². The maximum absolute atomic E-state index is 9.14. The fraction of sp³-hybridized carbons (Fsp3) is 0.455. The zero-order valence-corrected chi connectivity index (χ0v) is 9.63. The number of halogens is 1. The predicted molar refractivity (Wildman–Crippen MR) is 58.9 cm³/mol. The highest BCUT2D eigenvalue weighted by Crippen LogP contribution is 2.20. The van der Waals surface area contributed by atoms with Crippen LogP contribution in [0, 0.1) is 6.92 Å². The molecule has 0 fully saturated rings. The third kappa shape index (κ3) is 3.49. The maximum Gasteiger partial charge on any atom is 0.0515 e. The van der Waals surface area contributed by atoms with Gasteiger partial charge in [0.2, 0.25) is 0 Å². The monoisotopic (exact) mass is 242 g/mol. The Hall–Kier alpha value is -0.340. The predicted octanol–water partition coefficient (Wildman–Crippen LogP) is 3.07. The van der Waals surface area contributed by atoms with Crippen LogP contribution in [0.1, 0.15) is 24.5 Å². The second-order valence-electron chi connectivity index (χ2n) is 3.48. The van der Waals surface area contributed by atoms with Crippen molar-refractivity contribution in [1.82, 2.24) is 0 Å². The molecular formula is C11H15BrO. The first-order chi connectivity index (χ1) is 6.09. The van der Waals surface area contributed by atoms with Crippen molar-refractivity contribution in [3.05, 3.63) is 33.8 Å². The molecule has 1 atom stereocenters. The zero-order chi connectivity index (χ0) is 9.84. The third-order valence-electron chi connectivity index (χ3n) is 2.04. The second-order valence-corrected chi connectivity index (χ2v) is 4.34. The Morgan fingerprint density at radius 2 is 2.15 bits per heavy atom. The van der Waals surface area contributed by atoms with Crippen LogP contribution in [0.15, 0.2) is 22.7 Å². The minimum absolute atomic E-state index is 0.215. The summed E-state index contributed by atoms with van der Waals surface area (Å²) in [5, 5.41) is 9.14. The lowest BCUT2D eigenvalue weighted by atomic mass is 10.1. The molecule has 0 amide bonds. The fourth-order valence-corrected chi connectivity index (χ4v) is 1.91. The van der Waals surface area contributed by atoms with Gasteiger partial charge in [0.25, 0.3) is 0 Å². The molecule has 1 nitrogen and oxygen atoms in total. The molecule has 72 valence electrons.